The van der Waals surface area contributed by atoms with Crippen LogP contribution >= 0.6 is 0 Å². The van der Waals surface area contributed by atoms with Gasteiger partial charge in [-0.2, -0.15) is 0 Å². The summed E-state index contributed by atoms with van der Waals surface area (Å²) in [7, 11) is 1.47. The van der Waals surface area contributed by atoms with Gasteiger partial charge in [0.1, 0.15) is 5.56 Å². The van der Waals surface area contributed by atoms with Crippen LogP contribution in [0.1, 0.15) is 23.7 Å². The zero-order valence-corrected chi connectivity index (χ0v) is 11.9. The van der Waals surface area contributed by atoms with E-state index in [1.807, 2.05) is 6.92 Å². The van der Waals surface area contributed by atoms with Gasteiger partial charge >= 0.3 is 5.63 Å². The van der Waals surface area contributed by atoms with Crippen LogP contribution in [-0.4, -0.2) is 30.8 Å². The lowest BCUT2D eigenvalue weighted by Gasteiger charge is -2.13. The number of benzene rings is 1. The molecule has 2 rings (SSSR count). The van der Waals surface area contributed by atoms with Crippen molar-refractivity contribution in [3.8, 4) is 5.75 Å². The molecule has 0 aliphatic rings. The van der Waals surface area contributed by atoms with Gasteiger partial charge in [-0.25, -0.2) is 4.79 Å². The van der Waals surface area contributed by atoms with Crippen LogP contribution in [0.4, 0.5) is 0 Å². The van der Waals surface area contributed by atoms with Crippen molar-refractivity contribution in [1.82, 2.24) is 5.32 Å². The largest absolute Gasteiger partial charge is 0.493 e. The SMILES string of the molecule is CCC(CO)NC(=O)c1cc2cccc(OC)c2oc1=O. The van der Waals surface area contributed by atoms with Crippen LogP contribution in [0.2, 0.25) is 0 Å². The number of carbonyl (C=O) groups is 1. The Morgan fingerprint density at radius 2 is 2.24 bits per heavy atom. The van der Waals surface area contributed by atoms with Crippen LogP contribution < -0.4 is 15.7 Å². The first-order valence-corrected chi connectivity index (χ1v) is 6.63. The molecule has 6 nitrogen and oxygen atoms in total. The Balaban J connectivity index is 2.44. The lowest BCUT2D eigenvalue weighted by atomic mass is 10.1. The van der Waals surface area contributed by atoms with Crippen LogP contribution in [0.5, 0.6) is 5.75 Å². The Morgan fingerprint density at radius 1 is 1.48 bits per heavy atom. The van der Waals surface area contributed by atoms with E-state index in [9.17, 15) is 9.59 Å². The van der Waals surface area contributed by atoms with Crippen molar-refractivity contribution < 1.29 is 19.1 Å². The molecule has 2 aromatic rings. The van der Waals surface area contributed by atoms with Gasteiger partial charge in [0.15, 0.2) is 11.3 Å². The number of aliphatic hydroxyl groups excluding tert-OH is 1. The molecule has 1 heterocycles. The summed E-state index contributed by atoms with van der Waals surface area (Å²) >= 11 is 0. The predicted octanol–water partition coefficient (Wildman–Crippen LogP) is 1.30. The molecule has 1 atom stereocenters. The van der Waals surface area contributed by atoms with E-state index < -0.39 is 17.6 Å². The van der Waals surface area contributed by atoms with Crippen molar-refractivity contribution in [2.45, 2.75) is 19.4 Å². The number of hydrogen-bond donors (Lipinski definition) is 2. The molecule has 0 spiro atoms. The minimum Gasteiger partial charge on any atom is -0.493 e. The highest BCUT2D eigenvalue weighted by Crippen LogP contribution is 2.24. The number of para-hydroxylation sites is 1. The fourth-order valence-electron chi connectivity index (χ4n) is 1.98. The third-order valence-electron chi connectivity index (χ3n) is 3.24. The molecule has 0 saturated heterocycles. The number of hydrogen-bond acceptors (Lipinski definition) is 5. The average Bonchev–Trinajstić information content (AvgIpc) is 2.51. The van der Waals surface area contributed by atoms with Crippen molar-refractivity contribution in [3.63, 3.8) is 0 Å². The van der Waals surface area contributed by atoms with Gasteiger partial charge in [0, 0.05) is 5.39 Å². The molecule has 0 fully saturated rings. The molecule has 2 N–H and O–H groups in total. The Bertz CT molecular complexity index is 703. The van der Waals surface area contributed by atoms with Crippen molar-refractivity contribution >= 4 is 16.9 Å². The molecule has 1 aromatic carbocycles. The fraction of sp³-hybridized carbons (Fsp3) is 0.333. The van der Waals surface area contributed by atoms with Gasteiger partial charge in [-0.3, -0.25) is 4.79 Å². The number of ether oxygens (including phenoxy) is 1. The number of nitrogens with one attached hydrogen (secondary N) is 1. The minimum absolute atomic E-state index is 0.0948. The van der Waals surface area contributed by atoms with Crippen LogP contribution in [0.15, 0.2) is 33.5 Å². The second-order valence-electron chi connectivity index (χ2n) is 4.59. The topological polar surface area (TPSA) is 88.8 Å². The zero-order valence-electron chi connectivity index (χ0n) is 11.9. The number of methoxy groups -OCH3 is 1. The number of amides is 1. The first-order chi connectivity index (χ1) is 10.1. The standard InChI is InChI=1S/C15H17NO5/c1-3-10(8-17)16-14(18)11-7-9-5-4-6-12(20-2)13(9)21-15(11)19/h4-7,10,17H,3,8H2,1-2H3,(H,16,18). The molecular weight excluding hydrogens is 274 g/mol. The summed E-state index contributed by atoms with van der Waals surface area (Å²) in [5.41, 5.74) is -0.532. The molecule has 0 aliphatic carbocycles. The number of rotatable bonds is 5. The van der Waals surface area contributed by atoms with Gasteiger partial charge in [0.2, 0.25) is 0 Å². The predicted molar refractivity (Wildman–Crippen MR) is 77.7 cm³/mol. The summed E-state index contributed by atoms with van der Waals surface area (Å²) in [6.45, 7) is 1.64. The van der Waals surface area contributed by atoms with E-state index in [-0.39, 0.29) is 12.2 Å². The van der Waals surface area contributed by atoms with Gasteiger partial charge < -0.3 is 19.6 Å². The fourth-order valence-corrected chi connectivity index (χ4v) is 1.98. The third-order valence-corrected chi connectivity index (χ3v) is 3.24. The van der Waals surface area contributed by atoms with Gasteiger partial charge in [-0.05, 0) is 18.6 Å². The van der Waals surface area contributed by atoms with Gasteiger partial charge in [-0.15, -0.1) is 0 Å². The molecule has 0 aliphatic heterocycles. The Kier molecular flexibility index (Phi) is 4.59. The maximum atomic E-state index is 12.1. The maximum absolute atomic E-state index is 12.1. The van der Waals surface area contributed by atoms with Crippen molar-refractivity contribution in [1.29, 1.82) is 0 Å². The summed E-state index contributed by atoms with van der Waals surface area (Å²) in [5.74, 6) is -0.132. The summed E-state index contributed by atoms with van der Waals surface area (Å²) in [6, 6.07) is 6.21. The highest BCUT2D eigenvalue weighted by molar-refractivity contribution is 5.97. The number of aliphatic hydroxyl groups is 1. The second kappa shape index (κ2) is 6.41. The molecule has 21 heavy (non-hydrogen) atoms. The van der Waals surface area contributed by atoms with E-state index in [0.717, 1.165) is 0 Å². The molecule has 0 bridgehead atoms. The summed E-state index contributed by atoms with van der Waals surface area (Å²) < 4.78 is 10.3. The Hall–Kier alpha value is -2.34. The summed E-state index contributed by atoms with van der Waals surface area (Å²) in [6.07, 6.45) is 0.564. The van der Waals surface area contributed by atoms with E-state index in [1.165, 1.54) is 13.2 Å². The van der Waals surface area contributed by atoms with Crippen molar-refractivity contribution in [3.05, 3.63) is 40.2 Å². The normalized spacial score (nSPS) is 12.1. The molecule has 0 saturated carbocycles. The zero-order chi connectivity index (χ0) is 15.4. The molecule has 1 amide bonds. The van der Waals surface area contributed by atoms with E-state index >= 15 is 0 Å². The first kappa shape index (κ1) is 15.1. The smallest absolute Gasteiger partial charge is 0.349 e. The highest BCUT2D eigenvalue weighted by Gasteiger charge is 2.17. The molecule has 0 radical (unpaired) electrons. The number of carbonyl (C=O) groups excluding carboxylic acids is 1. The van der Waals surface area contributed by atoms with Gasteiger partial charge in [-0.1, -0.05) is 19.1 Å². The Labute approximate surface area is 121 Å². The van der Waals surface area contributed by atoms with Crippen LogP contribution in [0, 0.1) is 0 Å². The number of fused-ring (bicyclic) bond motifs is 1. The quantitative estimate of drug-likeness (QED) is 0.811. The first-order valence-electron chi connectivity index (χ1n) is 6.63. The molecule has 1 aromatic heterocycles. The third kappa shape index (κ3) is 3.05. The lowest BCUT2D eigenvalue weighted by molar-refractivity contribution is 0.0911. The van der Waals surface area contributed by atoms with Crippen LogP contribution in [0.3, 0.4) is 0 Å². The van der Waals surface area contributed by atoms with E-state index in [4.69, 9.17) is 14.3 Å². The summed E-state index contributed by atoms with van der Waals surface area (Å²) in [4.78, 5) is 24.0. The van der Waals surface area contributed by atoms with E-state index in [0.29, 0.717) is 23.1 Å². The highest BCUT2D eigenvalue weighted by atomic mass is 16.5. The summed E-state index contributed by atoms with van der Waals surface area (Å²) in [5, 5.41) is 12.3. The van der Waals surface area contributed by atoms with Gasteiger partial charge in [0.05, 0.1) is 19.8 Å². The molecule has 6 heteroatoms. The molecule has 112 valence electrons. The van der Waals surface area contributed by atoms with E-state index in [1.54, 1.807) is 18.2 Å². The molecule has 1 unspecified atom stereocenters. The van der Waals surface area contributed by atoms with E-state index in [2.05, 4.69) is 5.32 Å². The second-order valence-corrected chi connectivity index (χ2v) is 4.59. The van der Waals surface area contributed by atoms with Crippen molar-refractivity contribution in [2.75, 3.05) is 13.7 Å². The maximum Gasteiger partial charge on any atom is 0.349 e. The minimum atomic E-state index is -0.739. The van der Waals surface area contributed by atoms with Crippen LogP contribution in [0.25, 0.3) is 11.0 Å². The van der Waals surface area contributed by atoms with Crippen LogP contribution in [-0.2, 0) is 0 Å². The monoisotopic (exact) mass is 291 g/mol. The molecular formula is C15H17NO5. The Morgan fingerprint density at radius 3 is 2.86 bits per heavy atom. The lowest BCUT2D eigenvalue weighted by Crippen LogP contribution is -2.38. The van der Waals surface area contributed by atoms with Crippen molar-refractivity contribution in [2.24, 2.45) is 0 Å². The van der Waals surface area contributed by atoms with Gasteiger partial charge in [0.25, 0.3) is 5.91 Å². The average molecular weight is 291 g/mol.